The van der Waals surface area contributed by atoms with Gasteiger partial charge in [0.15, 0.2) is 5.78 Å². The Morgan fingerprint density at radius 1 is 0.692 bits per heavy atom. The van der Waals surface area contributed by atoms with Crippen molar-refractivity contribution < 1.29 is 14.3 Å². The Morgan fingerprint density at radius 3 is 1.31 bits per heavy atom. The van der Waals surface area contributed by atoms with Crippen LogP contribution in [0.3, 0.4) is 0 Å². The third-order valence-corrected chi connectivity index (χ3v) is 4.62. The SMILES string of the molecule is COc1cc(C(C)(C)C)ccc1C(=O)c1ccc(C(C)(C)C)cc1OC. The first-order valence-corrected chi connectivity index (χ1v) is 8.90. The van der Waals surface area contributed by atoms with Gasteiger partial charge in [-0.3, -0.25) is 4.79 Å². The summed E-state index contributed by atoms with van der Waals surface area (Å²) in [6.45, 7) is 12.8. The fourth-order valence-electron chi connectivity index (χ4n) is 2.84. The first-order chi connectivity index (χ1) is 12.0. The predicted octanol–water partition coefficient (Wildman–Crippen LogP) is 5.53. The Morgan fingerprint density at radius 2 is 1.04 bits per heavy atom. The van der Waals surface area contributed by atoms with Gasteiger partial charge in [0.1, 0.15) is 11.5 Å². The monoisotopic (exact) mass is 354 g/mol. The minimum atomic E-state index is -0.0976. The van der Waals surface area contributed by atoms with Crippen molar-refractivity contribution in [2.75, 3.05) is 14.2 Å². The number of ketones is 1. The summed E-state index contributed by atoms with van der Waals surface area (Å²) >= 11 is 0. The maximum Gasteiger partial charge on any atom is 0.200 e. The van der Waals surface area contributed by atoms with Gasteiger partial charge in [0.25, 0.3) is 0 Å². The van der Waals surface area contributed by atoms with E-state index in [1.54, 1.807) is 14.2 Å². The summed E-state index contributed by atoms with van der Waals surface area (Å²) in [5.74, 6) is 1.08. The van der Waals surface area contributed by atoms with E-state index in [2.05, 4.69) is 41.5 Å². The van der Waals surface area contributed by atoms with Crippen LogP contribution in [0, 0.1) is 0 Å². The molecule has 26 heavy (non-hydrogen) atoms. The largest absolute Gasteiger partial charge is 0.496 e. The summed E-state index contributed by atoms with van der Waals surface area (Å²) in [6.07, 6.45) is 0. The normalized spacial score (nSPS) is 12.0. The number of hydrogen-bond donors (Lipinski definition) is 0. The van der Waals surface area contributed by atoms with Gasteiger partial charge in [0, 0.05) is 0 Å². The molecule has 0 fully saturated rings. The molecule has 0 aliphatic heterocycles. The highest BCUT2D eigenvalue weighted by molar-refractivity contribution is 6.12. The molecule has 0 bridgehead atoms. The standard InChI is InChI=1S/C23H30O3/c1-22(2,3)15-9-11-17(19(13-15)25-7)21(24)18-12-10-16(23(4,5)6)14-20(18)26-8/h9-14H,1-8H3. The number of benzene rings is 2. The molecule has 0 heterocycles. The summed E-state index contributed by atoms with van der Waals surface area (Å²) in [7, 11) is 3.19. The number of rotatable bonds is 4. The van der Waals surface area contributed by atoms with Gasteiger partial charge in [0.05, 0.1) is 25.3 Å². The second kappa shape index (κ2) is 7.14. The van der Waals surface area contributed by atoms with Crippen molar-refractivity contribution in [2.45, 2.75) is 52.4 Å². The Hall–Kier alpha value is -2.29. The molecular weight excluding hydrogens is 324 g/mol. The van der Waals surface area contributed by atoms with E-state index < -0.39 is 0 Å². The number of carbonyl (C=O) groups is 1. The van der Waals surface area contributed by atoms with Crippen LogP contribution in [0.2, 0.25) is 0 Å². The molecular formula is C23H30O3. The van der Waals surface area contributed by atoms with Gasteiger partial charge in [-0.2, -0.15) is 0 Å². The minimum absolute atomic E-state index is 0.0130. The molecule has 3 heteroatoms. The number of hydrogen-bond acceptors (Lipinski definition) is 3. The average molecular weight is 354 g/mol. The highest BCUT2D eigenvalue weighted by Crippen LogP contribution is 2.33. The van der Waals surface area contributed by atoms with E-state index in [1.807, 2.05) is 36.4 Å². The lowest BCUT2D eigenvalue weighted by Crippen LogP contribution is -2.14. The van der Waals surface area contributed by atoms with Gasteiger partial charge in [-0.05, 0) is 46.2 Å². The van der Waals surface area contributed by atoms with Crippen molar-refractivity contribution in [3.8, 4) is 11.5 Å². The fourth-order valence-corrected chi connectivity index (χ4v) is 2.84. The number of carbonyl (C=O) groups excluding carboxylic acids is 1. The molecule has 0 aromatic heterocycles. The average Bonchev–Trinajstić information content (AvgIpc) is 2.58. The van der Waals surface area contributed by atoms with Crippen LogP contribution >= 0.6 is 0 Å². The van der Waals surface area contributed by atoms with Gasteiger partial charge in [0.2, 0.25) is 0 Å². The lowest BCUT2D eigenvalue weighted by atomic mass is 9.84. The first-order valence-electron chi connectivity index (χ1n) is 8.90. The molecule has 0 amide bonds. The topological polar surface area (TPSA) is 35.5 Å². The highest BCUT2D eigenvalue weighted by Gasteiger charge is 2.23. The zero-order valence-electron chi connectivity index (χ0n) is 17.2. The second-order valence-electron chi connectivity index (χ2n) is 8.66. The van der Waals surface area contributed by atoms with Crippen molar-refractivity contribution in [2.24, 2.45) is 0 Å². The van der Waals surface area contributed by atoms with Crippen LogP contribution in [0.5, 0.6) is 11.5 Å². The Balaban J connectivity index is 2.52. The lowest BCUT2D eigenvalue weighted by Gasteiger charge is -2.22. The van der Waals surface area contributed by atoms with E-state index >= 15 is 0 Å². The second-order valence-corrected chi connectivity index (χ2v) is 8.66. The fraction of sp³-hybridized carbons (Fsp3) is 0.435. The molecule has 0 radical (unpaired) electrons. The Labute approximate surface area is 157 Å². The van der Waals surface area contributed by atoms with Crippen LogP contribution in [0.25, 0.3) is 0 Å². The Bertz CT molecular complexity index is 738. The van der Waals surface area contributed by atoms with Crippen LogP contribution in [-0.2, 0) is 10.8 Å². The van der Waals surface area contributed by atoms with Crippen LogP contribution < -0.4 is 9.47 Å². The van der Waals surface area contributed by atoms with Crippen molar-refractivity contribution in [3.63, 3.8) is 0 Å². The van der Waals surface area contributed by atoms with E-state index in [0.29, 0.717) is 22.6 Å². The van der Waals surface area contributed by atoms with Crippen LogP contribution in [0.4, 0.5) is 0 Å². The highest BCUT2D eigenvalue weighted by atomic mass is 16.5. The van der Waals surface area contributed by atoms with Crippen molar-refractivity contribution in [1.29, 1.82) is 0 Å². The molecule has 0 N–H and O–H groups in total. The number of ether oxygens (including phenoxy) is 2. The van der Waals surface area contributed by atoms with E-state index in [-0.39, 0.29) is 16.6 Å². The molecule has 0 unspecified atom stereocenters. The third-order valence-electron chi connectivity index (χ3n) is 4.62. The molecule has 2 aromatic carbocycles. The van der Waals surface area contributed by atoms with Gasteiger partial charge in [-0.25, -0.2) is 0 Å². The van der Waals surface area contributed by atoms with Crippen LogP contribution in [0.1, 0.15) is 68.6 Å². The maximum absolute atomic E-state index is 13.2. The zero-order chi connectivity index (χ0) is 19.7. The summed E-state index contributed by atoms with van der Waals surface area (Å²) in [5.41, 5.74) is 3.31. The maximum atomic E-state index is 13.2. The quantitative estimate of drug-likeness (QED) is 0.677. The summed E-state index contributed by atoms with van der Waals surface area (Å²) in [4.78, 5) is 13.2. The lowest BCUT2D eigenvalue weighted by molar-refractivity contribution is 0.103. The molecule has 0 saturated carbocycles. The molecule has 140 valence electrons. The molecule has 0 atom stereocenters. The van der Waals surface area contributed by atoms with Crippen LogP contribution in [0.15, 0.2) is 36.4 Å². The molecule has 0 spiro atoms. The Kier molecular flexibility index (Phi) is 5.50. The van der Waals surface area contributed by atoms with E-state index in [1.165, 1.54) is 0 Å². The van der Waals surface area contributed by atoms with Crippen LogP contribution in [-0.4, -0.2) is 20.0 Å². The van der Waals surface area contributed by atoms with Gasteiger partial charge < -0.3 is 9.47 Å². The molecule has 0 saturated heterocycles. The summed E-state index contributed by atoms with van der Waals surface area (Å²) < 4.78 is 11.0. The summed E-state index contributed by atoms with van der Waals surface area (Å²) in [6, 6.07) is 11.6. The smallest absolute Gasteiger partial charge is 0.200 e. The number of methoxy groups -OCH3 is 2. The van der Waals surface area contributed by atoms with Gasteiger partial charge in [-0.1, -0.05) is 53.7 Å². The van der Waals surface area contributed by atoms with Gasteiger partial charge in [-0.15, -0.1) is 0 Å². The van der Waals surface area contributed by atoms with Crippen molar-refractivity contribution in [1.82, 2.24) is 0 Å². The summed E-state index contributed by atoms with van der Waals surface area (Å²) in [5, 5.41) is 0. The first kappa shape index (κ1) is 20.0. The molecule has 0 aliphatic carbocycles. The molecule has 3 nitrogen and oxygen atoms in total. The minimum Gasteiger partial charge on any atom is -0.496 e. The van der Waals surface area contributed by atoms with E-state index in [4.69, 9.17) is 9.47 Å². The van der Waals surface area contributed by atoms with Crippen molar-refractivity contribution in [3.05, 3.63) is 58.7 Å². The molecule has 2 aromatic rings. The third kappa shape index (κ3) is 4.09. The van der Waals surface area contributed by atoms with Gasteiger partial charge >= 0.3 is 0 Å². The van der Waals surface area contributed by atoms with Crippen molar-refractivity contribution >= 4 is 5.78 Å². The predicted molar refractivity (Wildman–Crippen MR) is 107 cm³/mol. The zero-order valence-corrected chi connectivity index (χ0v) is 17.2. The molecule has 0 aliphatic rings. The van der Waals surface area contributed by atoms with E-state index in [9.17, 15) is 4.79 Å². The molecule has 2 rings (SSSR count). The van der Waals surface area contributed by atoms with E-state index in [0.717, 1.165) is 11.1 Å².